The van der Waals surface area contributed by atoms with Gasteiger partial charge in [0.25, 0.3) is 0 Å². The molecule has 3 rings (SSSR count). The van der Waals surface area contributed by atoms with E-state index in [0.717, 1.165) is 25.9 Å². The van der Waals surface area contributed by atoms with Gasteiger partial charge in [-0.3, -0.25) is 0 Å². The number of hydrogen-bond donors (Lipinski definition) is 1. The summed E-state index contributed by atoms with van der Waals surface area (Å²) >= 11 is 0. The van der Waals surface area contributed by atoms with Gasteiger partial charge in [-0.15, -0.1) is 0 Å². The molecule has 1 atom stereocenters. The second kappa shape index (κ2) is 6.13. The lowest BCUT2D eigenvalue weighted by atomic mass is 9.95. The minimum Gasteiger partial charge on any atom is -0.339 e. The topological polar surface area (TPSA) is 51.0 Å². The maximum atomic E-state index is 13.2. The highest BCUT2D eigenvalue weighted by molar-refractivity contribution is 5.53. The molecular formula is C15H18FN3O. The molecule has 20 heavy (non-hydrogen) atoms. The van der Waals surface area contributed by atoms with Gasteiger partial charge in [0.2, 0.25) is 11.7 Å². The summed E-state index contributed by atoms with van der Waals surface area (Å²) in [5, 5.41) is 7.32. The number of nitrogens with one attached hydrogen (secondary N) is 1. The molecule has 0 amide bonds. The van der Waals surface area contributed by atoms with Crippen LogP contribution in [0.15, 0.2) is 28.8 Å². The molecule has 0 saturated carbocycles. The fourth-order valence-electron chi connectivity index (χ4n) is 2.60. The number of piperidine rings is 1. The van der Waals surface area contributed by atoms with Crippen LogP contribution in [0.2, 0.25) is 0 Å². The molecule has 1 unspecified atom stereocenters. The molecule has 1 aromatic heterocycles. The van der Waals surface area contributed by atoms with E-state index < -0.39 is 0 Å². The normalized spacial score (nSPS) is 19.1. The summed E-state index contributed by atoms with van der Waals surface area (Å²) in [5.41, 5.74) is 0.652. The third-order valence-corrected chi connectivity index (χ3v) is 3.72. The molecule has 1 aliphatic heterocycles. The highest BCUT2D eigenvalue weighted by Gasteiger charge is 2.15. The average Bonchev–Trinajstić information content (AvgIpc) is 2.95. The van der Waals surface area contributed by atoms with Crippen molar-refractivity contribution in [3.63, 3.8) is 0 Å². The summed E-state index contributed by atoms with van der Waals surface area (Å²) in [5.74, 6) is 1.49. The molecule has 0 radical (unpaired) electrons. The van der Waals surface area contributed by atoms with Crippen molar-refractivity contribution in [2.24, 2.45) is 5.92 Å². The van der Waals surface area contributed by atoms with Crippen LogP contribution in [-0.2, 0) is 6.42 Å². The Hall–Kier alpha value is -1.75. The summed E-state index contributed by atoms with van der Waals surface area (Å²) in [6.07, 6.45) is 4.34. The van der Waals surface area contributed by atoms with Gasteiger partial charge in [0.05, 0.1) is 0 Å². The number of aromatic nitrogens is 2. The van der Waals surface area contributed by atoms with E-state index in [1.165, 1.54) is 25.0 Å². The Kier molecular flexibility index (Phi) is 4.06. The van der Waals surface area contributed by atoms with Gasteiger partial charge in [-0.2, -0.15) is 4.98 Å². The number of benzene rings is 1. The monoisotopic (exact) mass is 275 g/mol. The van der Waals surface area contributed by atoms with E-state index in [0.29, 0.717) is 23.2 Å². The van der Waals surface area contributed by atoms with Gasteiger partial charge in [-0.25, -0.2) is 4.39 Å². The summed E-state index contributed by atoms with van der Waals surface area (Å²) in [6, 6.07) is 6.25. The smallest absolute Gasteiger partial charge is 0.226 e. The number of rotatable bonds is 4. The second-order valence-corrected chi connectivity index (χ2v) is 5.27. The SMILES string of the molecule is Fc1cccc(-c2noc(CCC3CCCNC3)n2)c1. The largest absolute Gasteiger partial charge is 0.339 e. The first-order chi connectivity index (χ1) is 9.81. The molecule has 4 nitrogen and oxygen atoms in total. The van der Waals surface area contributed by atoms with Gasteiger partial charge in [-0.1, -0.05) is 17.3 Å². The Morgan fingerprint density at radius 1 is 1.40 bits per heavy atom. The molecule has 0 aliphatic carbocycles. The standard InChI is InChI=1S/C15H18FN3O/c16-13-5-1-4-12(9-13)15-18-14(20-19-15)7-6-11-3-2-8-17-10-11/h1,4-5,9,11,17H,2-3,6-8,10H2. The molecule has 106 valence electrons. The summed E-state index contributed by atoms with van der Waals surface area (Å²) in [6.45, 7) is 2.20. The Bertz CT molecular complexity index is 564. The summed E-state index contributed by atoms with van der Waals surface area (Å²) < 4.78 is 18.4. The molecule has 1 aromatic carbocycles. The highest BCUT2D eigenvalue weighted by Crippen LogP contribution is 2.19. The number of nitrogens with zero attached hydrogens (tertiary/aromatic N) is 2. The zero-order valence-electron chi connectivity index (χ0n) is 11.3. The van der Waals surface area contributed by atoms with Crippen LogP contribution in [0.1, 0.15) is 25.2 Å². The molecule has 0 spiro atoms. The molecule has 1 saturated heterocycles. The van der Waals surface area contributed by atoms with Gasteiger partial charge in [-0.05, 0) is 50.4 Å². The number of aryl methyl sites for hydroxylation is 1. The highest BCUT2D eigenvalue weighted by atomic mass is 19.1. The molecule has 2 aromatic rings. The lowest BCUT2D eigenvalue weighted by Crippen LogP contribution is -2.29. The van der Waals surface area contributed by atoms with Crippen molar-refractivity contribution in [2.45, 2.75) is 25.7 Å². The molecule has 0 bridgehead atoms. The zero-order chi connectivity index (χ0) is 13.8. The van der Waals surface area contributed by atoms with Crippen LogP contribution in [0.3, 0.4) is 0 Å². The average molecular weight is 275 g/mol. The molecule has 1 fully saturated rings. The van der Waals surface area contributed by atoms with Crippen LogP contribution < -0.4 is 5.32 Å². The van der Waals surface area contributed by atoms with E-state index >= 15 is 0 Å². The van der Waals surface area contributed by atoms with Gasteiger partial charge < -0.3 is 9.84 Å². The van der Waals surface area contributed by atoms with Crippen molar-refractivity contribution in [1.82, 2.24) is 15.5 Å². The maximum absolute atomic E-state index is 13.2. The lowest BCUT2D eigenvalue weighted by Gasteiger charge is -2.21. The minimum atomic E-state index is -0.290. The lowest BCUT2D eigenvalue weighted by molar-refractivity contribution is 0.327. The quantitative estimate of drug-likeness (QED) is 0.932. The van der Waals surface area contributed by atoms with E-state index in [4.69, 9.17) is 4.52 Å². The molecular weight excluding hydrogens is 257 g/mol. The number of hydrogen-bond acceptors (Lipinski definition) is 4. The van der Waals surface area contributed by atoms with Crippen molar-refractivity contribution in [3.05, 3.63) is 36.0 Å². The Morgan fingerprint density at radius 3 is 3.15 bits per heavy atom. The van der Waals surface area contributed by atoms with Gasteiger partial charge >= 0.3 is 0 Å². The molecule has 1 N–H and O–H groups in total. The Balaban J connectivity index is 1.61. The Morgan fingerprint density at radius 2 is 2.35 bits per heavy atom. The summed E-state index contributed by atoms with van der Waals surface area (Å²) in [7, 11) is 0. The minimum absolute atomic E-state index is 0.290. The third kappa shape index (κ3) is 3.22. The predicted octanol–water partition coefficient (Wildman–Crippen LogP) is 2.81. The van der Waals surface area contributed by atoms with Crippen LogP contribution in [0, 0.1) is 11.7 Å². The molecule has 2 heterocycles. The van der Waals surface area contributed by atoms with E-state index in [1.807, 2.05) is 0 Å². The first-order valence-electron chi connectivity index (χ1n) is 7.10. The van der Waals surface area contributed by atoms with E-state index in [1.54, 1.807) is 12.1 Å². The van der Waals surface area contributed by atoms with Crippen LogP contribution in [-0.4, -0.2) is 23.2 Å². The van der Waals surface area contributed by atoms with E-state index in [-0.39, 0.29) is 5.82 Å². The second-order valence-electron chi connectivity index (χ2n) is 5.27. The van der Waals surface area contributed by atoms with Crippen LogP contribution in [0.4, 0.5) is 4.39 Å². The first kappa shape index (κ1) is 13.2. The number of halogens is 1. The maximum Gasteiger partial charge on any atom is 0.226 e. The van der Waals surface area contributed by atoms with Crippen molar-refractivity contribution < 1.29 is 8.91 Å². The summed E-state index contributed by atoms with van der Waals surface area (Å²) in [4.78, 5) is 4.34. The van der Waals surface area contributed by atoms with Crippen LogP contribution in [0.5, 0.6) is 0 Å². The van der Waals surface area contributed by atoms with Gasteiger partial charge in [0.1, 0.15) is 5.82 Å². The van der Waals surface area contributed by atoms with Crippen molar-refractivity contribution in [3.8, 4) is 11.4 Å². The molecule has 5 heteroatoms. The van der Waals surface area contributed by atoms with Gasteiger partial charge in [0.15, 0.2) is 0 Å². The Labute approximate surface area is 117 Å². The zero-order valence-corrected chi connectivity index (χ0v) is 11.3. The van der Waals surface area contributed by atoms with Crippen LogP contribution in [0.25, 0.3) is 11.4 Å². The fourth-order valence-corrected chi connectivity index (χ4v) is 2.60. The van der Waals surface area contributed by atoms with E-state index in [2.05, 4.69) is 15.5 Å². The van der Waals surface area contributed by atoms with Gasteiger partial charge in [0, 0.05) is 12.0 Å². The van der Waals surface area contributed by atoms with Crippen molar-refractivity contribution in [2.75, 3.05) is 13.1 Å². The van der Waals surface area contributed by atoms with Crippen LogP contribution >= 0.6 is 0 Å². The molecule has 1 aliphatic rings. The van der Waals surface area contributed by atoms with Crippen molar-refractivity contribution in [1.29, 1.82) is 0 Å². The predicted molar refractivity (Wildman–Crippen MR) is 73.6 cm³/mol. The third-order valence-electron chi connectivity index (χ3n) is 3.72. The fraction of sp³-hybridized carbons (Fsp3) is 0.467. The van der Waals surface area contributed by atoms with Crippen molar-refractivity contribution >= 4 is 0 Å². The first-order valence-corrected chi connectivity index (χ1v) is 7.10. The van der Waals surface area contributed by atoms with E-state index in [9.17, 15) is 4.39 Å².